The molecule has 2 atom stereocenters. The molecule has 2 saturated heterocycles. The molecule has 0 aromatic heterocycles. The minimum atomic E-state index is -2.96. The minimum absolute atomic E-state index is 0.00381. The molecule has 0 aliphatic carbocycles. The van der Waals surface area contributed by atoms with E-state index in [0.717, 1.165) is 10.9 Å². The Bertz CT molecular complexity index is 953. The maximum atomic E-state index is 12.8. The maximum Gasteiger partial charge on any atom is 0.309 e. The average molecular weight is 452 g/mol. The lowest BCUT2D eigenvalue weighted by Crippen LogP contribution is -2.40. The summed E-state index contributed by atoms with van der Waals surface area (Å²) >= 11 is 1.46. The molecule has 30 heavy (non-hydrogen) atoms. The SMILES string of the molecule is CCOC(=O)C1CCN(C(=O)c2ccc(NC3=N[C@@H]4CS(=O)(=O)C[C@H]4S3)cc2)CC1. The molecule has 1 N–H and O–H groups in total. The van der Waals surface area contributed by atoms with Crippen LogP contribution in [0.3, 0.4) is 0 Å². The minimum Gasteiger partial charge on any atom is -0.466 e. The number of carbonyl (C=O) groups is 2. The number of aliphatic imine (C=N–C) groups is 1. The van der Waals surface area contributed by atoms with Crippen molar-refractivity contribution in [3.8, 4) is 0 Å². The molecule has 2 fully saturated rings. The molecule has 162 valence electrons. The van der Waals surface area contributed by atoms with E-state index < -0.39 is 9.84 Å². The second kappa shape index (κ2) is 8.58. The predicted octanol–water partition coefficient (Wildman–Crippen LogP) is 1.78. The van der Waals surface area contributed by atoms with Crippen molar-refractivity contribution in [3.63, 3.8) is 0 Å². The number of likely N-dealkylation sites (tertiary alicyclic amines) is 1. The Kier molecular flexibility index (Phi) is 6.06. The number of sulfone groups is 1. The van der Waals surface area contributed by atoms with E-state index in [1.165, 1.54) is 11.8 Å². The van der Waals surface area contributed by atoms with Gasteiger partial charge >= 0.3 is 5.97 Å². The van der Waals surface area contributed by atoms with Crippen molar-refractivity contribution in [2.75, 3.05) is 36.5 Å². The summed E-state index contributed by atoms with van der Waals surface area (Å²) in [6.07, 6.45) is 1.25. The molecule has 10 heteroatoms. The van der Waals surface area contributed by atoms with Crippen molar-refractivity contribution in [1.82, 2.24) is 4.90 Å². The van der Waals surface area contributed by atoms with Crippen molar-refractivity contribution < 1.29 is 22.7 Å². The third-order valence-electron chi connectivity index (χ3n) is 5.60. The summed E-state index contributed by atoms with van der Waals surface area (Å²) in [4.78, 5) is 30.9. The molecule has 0 bridgehead atoms. The van der Waals surface area contributed by atoms with E-state index in [4.69, 9.17) is 4.74 Å². The summed E-state index contributed by atoms with van der Waals surface area (Å²) in [5.41, 5.74) is 1.40. The zero-order valence-corrected chi connectivity index (χ0v) is 18.4. The molecule has 4 rings (SSSR count). The van der Waals surface area contributed by atoms with Crippen LogP contribution >= 0.6 is 11.8 Å². The molecule has 0 radical (unpaired) electrons. The fraction of sp³-hybridized carbons (Fsp3) is 0.550. The quantitative estimate of drug-likeness (QED) is 0.696. The predicted molar refractivity (Wildman–Crippen MR) is 117 cm³/mol. The van der Waals surface area contributed by atoms with Crippen LogP contribution in [0.4, 0.5) is 5.69 Å². The topological polar surface area (TPSA) is 105 Å². The lowest BCUT2D eigenvalue weighted by atomic mass is 9.96. The Morgan fingerprint density at radius 3 is 2.53 bits per heavy atom. The first-order valence-electron chi connectivity index (χ1n) is 10.1. The first kappa shape index (κ1) is 21.2. The van der Waals surface area contributed by atoms with Crippen molar-refractivity contribution in [1.29, 1.82) is 0 Å². The number of esters is 1. The standard InChI is InChI=1S/C20H25N3O5S2/c1-2-28-19(25)14-7-9-23(10-8-14)18(24)13-3-5-15(6-4-13)21-20-22-16-11-30(26,27)12-17(16)29-20/h3-6,14,16-17H,2,7-12H2,1H3,(H,21,22)/t16-,17-/m1/s1. The Labute approximate surface area is 180 Å². The summed E-state index contributed by atoms with van der Waals surface area (Å²) in [5, 5.41) is 3.93. The van der Waals surface area contributed by atoms with Gasteiger partial charge in [-0.1, -0.05) is 11.8 Å². The van der Waals surface area contributed by atoms with Crippen LogP contribution in [0.25, 0.3) is 0 Å². The largest absolute Gasteiger partial charge is 0.466 e. The van der Waals surface area contributed by atoms with E-state index in [-0.39, 0.29) is 40.6 Å². The third kappa shape index (κ3) is 4.64. The zero-order valence-electron chi connectivity index (χ0n) is 16.7. The molecule has 1 aromatic rings. The van der Waals surface area contributed by atoms with Gasteiger partial charge in [0.25, 0.3) is 5.91 Å². The first-order chi connectivity index (χ1) is 14.3. The van der Waals surface area contributed by atoms with Gasteiger partial charge in [-0.05, 0) is 44.0 Å². The number of fused-ring (bicyclic) bond motifs is 1. The number of hydrogen-bond donors (Lipinski definition) is 1. The fourth-order valence-corrected chi connectivity index (χ4v) is 7.67. The number of nitrogens with one attached hydrogen (secondary N) is 1. The molecule has 0 unspecified atom stereocenters. The van der Waals surface area contributed by atoms with Crippen LogP contribution in [0.5, 0.6) is 0 Å². The second-order valence-corrected chi connectivity index (χ2v) is 11.1. The summed E-state index contributed by atoms with van der Waals surface area (Å²) in [6.45, 7) is 3.26. The van der Waals surface area contributed by atoms with Gasteiger partial charge in [-0.2, -0.15) is 0 Å². The van der Waals surface area contributed by atoms with Gasteiger partial charge in [0, 0.05) is 29.6 Å². The Balaban J connectivity index is 1.31. The number of thioether (sulfide) groups is 1. The van der Waals surface area contributed by atoms with Crippen molar-refractivity contribution in [2.24, 2.45) is 10.9 Å². The molecule has 3 aliphatic rings. The number of anilines is 1. The van der Waals surface area contributed by atoms with Crippen LogP contribution < -0.4 is 5.32 Å². The maximum absolute atomic E-state index is 12.8. The van der Waals surface area contributed by atoms with Gasteiger partial charge in [0.15, 0.2) is 15.0 Å². The summed E-state index contributed by atoms with van der Waals surface area (Å²) in [5.74, 6) is -0.0432. The summed E-state index contributed by atoms with van der Waals surface area (Å²) in [7, 11) is -2.96. The highest BCUT2D eigenvalue weighted by molar-refractivity contribution is 8.15. The highest BCUT2D eigenvalue weighted by Crippen LogP contribution is 2.34. The highest BCUT2D eigenvalue weighted by atomic mass is 32.2. The Morgan fingerprint density at radius 2 is 1.90 bits per heavy atom. The third-order valence-corrected chi connectivity index (χ3v) is 8.75. The number of benzene rings is 1. The molecule has 0 saturated carbocycles. The summed E-state index contributed by atoms with van der Waals surface area (Å²) in [6, 6.07) is 7.03. The van der Waals surface area contributed by atoms with Crippen molar-refractivity contribution in [2.45, 2.75) is 31.1 Å². The monoisotopic (exact) mass is 451 g/mol. The lowest BCUT2D eigenvalue weighted by Gasteiger charge is -2.31. The van der Waals surface area contributed by atoms with Crippen LogP contribution in [0, 0.1) is 5.92 Å². The van der Waals surface area contributed by atoms with Crippen molar-refractivity contribution in [3.05, 3.63) is 29.8 Å². The van der Waals surface area contributed by atoms with E-state index in [1.54, 1.807) is 24.0 Å². The molecule has 3 heterocycles. The molecule has 8 nitrogen and oxygen atoms in total. The van der Waals surface area contributed by atoms with E-state index >= 15 is 0 Å². The van der Waals surface area contributed by atoms with Crippen LogP contribution in [0.15, 0.2) is 29.3 Å². The van der Waals surface area contributed by atoms with Gasteiger partial charge in [0.2, 0.25) is 0 Å². The summed E-state index contributed by atoms with van der Waals surface area (Å²) < 4.78 is 28.4. The van der Waals surface area contributed by atoms with E-state index in [9.17, 15) is 18.0 Å². The molecule has 1 aromatic carbocycles. The van der Waals surface area contributed by atoms with Gasteiger partial charge in [0.05, 0.1) is 30.1 Å². The smallest absolute Gasteiger partial charge is 0.309 e. The van der Waals surface area contributed by atoms with Crippen molar-refractivity contribution >= 4 is 44.3 Å². The molecular formula is C20H25N3O5S2. The molecule has 1 amide bonds. The zero-order chi connectivity index (χ0) is 21.3. The second-order valence-electron chi connectivity index (χ2n) is 7.76. The Hall–Kier alpha value is -2.07. The Morgan fingerprint density at radius 1 is 1.20 bits per heavy atom. The highest BCUT2D eigenvalue weighted by Gasteiger charge is 2.42. The lowest BCUT2D eigenvalue weighted by molar-refractivity contribution is -0.149. The number of nitrogens with zero attached hydrogens (tertiary/aromatic N) is 2. The molecule has 3 aliphatic heterocycles. The normalized spacial score (nSPS) is 25.5. The number of rotatable bonds is 4. The molecular weight excluding hydrogens is 426 g/mol. The van der Waals surface area contributed by atoms with Crippen LogP contribution in [0.1, 0.15) is 30.1 Å². The van der Waals surface area contributed by atoms with E-state index in [1.807, 2.05) is 12.1 Å². The number of amidine groups is 1. The van der Waals surface area contributed by atoms with E-state index in [0.29, 0.717) is 38.1 Å². The molecule has 0 spiro atoms. The number of amides is 1. The number of carbonyl (C=O) groups excluding carboxylic acids is 2. The van der Waals surface area contributed by atoms with Gasteiger partial charge in [0.1, 0.15) is 0 Å². The van der Waals surface area contributed by atoms with Crippen LogP contribution in [0.2, 0.25) is 0 Å². The number of piperidine rings is 1. The van der Waals surface area contributed by atoms with Crippen LogP contribution in [-0.4, -0.2) is 72.9 Å². The van der Waals surface area contributed by atoms with Gasteiger partial charge in [-0.15, -0.1) is 0 Å². The van der Waals surface area contributed by atoms with E-state index in [2.05, 4.69) is 10.3 Å². The van der Waals surface area contributed by atoms with Gasteiger partial charge in [-0.25, -0.2) is 8.42 Å². The first-order valence-corrected chi connectivity index (χ1v) is 12.8. The number of hydrogen-bond acceptors (Lipinski definition) is 8. The number of ether oxygens (including phenoxy) is 1. The average Bonchev–Trinajstić information content (AvgIpc) is 3.21. The van der Waals surface area contributed by atoms with Gasteiger partial charge < -0.3 is 15.0 Å². The van der Waals surface area contributed by atoms with Gasteiger partial charge in [-0.3, -0.25) is 14.6 Å². The van der Waals surface area contributed by atoms with Crippen LogP contribution in [-0.2, 0) is 19.4 Å². The fourth-order valence-electron chi connectivity index (χ4n) is 4.00.